The summed E-state index contributed by atoms with van der Waals surface area (Å²) in [6, 6.07) is 0. The number of Topliss-reactive ketones (excluding diaryl/α,β-unsaturated/α-hetero) is 1. The van der Waals surface area contributed by atoms with E-state index in [9.17, 15) is 9.59 Å². The summed E-state index contributed by atoms with van der Waals surface area (Å²) < 4.78 is 0. The summed E-state index contributed by atoms with van der Waals surface area (Å²) in [4.78, 5) is 22.3. The Bertz CT molecular complexity index is 234. The Morgan fingerprint density at radius 2 is 1.69 bits per heavy atom. The van der Waals surface area contributed by atoms with Crippen LogP contribution >= 0.6 is 0 Å². The van der Waals surface area contributed by atoms with Gasteiger partial charge in [0, 0.05) is 11.3 Å². The van der Waals surface area contributed by atoms with Crippen LogP contribution in [0.3, 0.4) is 0 Å². The van der Waals surface area contributed by atoms with E-state index in [0.29, 0.717) is 0 Å². The zero-order valence-electron chi connectivity index (χ0n) is 9.05. The third-order valence-electron chi connectivity index (χ3n) is 1.89. The van der Waals surface area contributed by atoms with E-state index < -0.39 is 5.41 Å². The number of ketones is 2. The van der Waals surface area contributed by atoms with Crippen LogP contribution in [0, 0.1) is 11.3 Å². The molecule has 0 saturated carbocycles. The Balaban J connectivity index is 4.57. The fourth-order valence-electron chi connectivity index (χ4n) is 1.15. The molecule has 0 aliphatic carbocycles. The van der Waals surface area contributed by atoms with Gasteiger partial charge < -0.3 is 0 Å². The van der Waals surface area contributed by atoms with Gasteiger partial charge in [-0.3, -0.25) is 9.59 Å². The van der Waals surface area contributed by atoms with Gasteiger partial charge >= 0.3 is 0 Å². The summed E-state index contributed by atoms with van der Waals surface area (Å²) in [6.07, 6.45) is 3.14. The molecule has 0 aliphatic rings. The molecule has 0 fully saturated rings. The summed E-state index contributed by atoms with van der Waals surface area (Å²) in [5, 5.41) is 0. The summed E-state index contributed by atoms with van der Waals surface area (Å²) in [5.41, 5.74) is -0.528. The van der Waals surface area contributed by atoms with Crippen molar-refractivity contribution in [3.63, 3.8) is 0 Å². The first-order chi connectivity index (χ1) is 5.77. The van der Waals surface area contributed by atoms with Gasteiger partial charge in [0.2, 0.25) is 0 Å². The second kappa shape index (κ2) is 4.35. The molecule has 0 spiro atoms. The maximum Gasteiger partial charge on any atom is 0.152 e. The molecular weight excluding hydrogens is 164 g/mol. The molecule has 0 aliphatic heterocycles. The SMILES string of the molecule is CC(=O)/C=C\C(C)(C)C(=O)C(C)C. The van der Waals surface area contributed by atoms with E-state index in [1.165, 1.54) is 13.0 Å². The van der Waals surface area contributed by atoms with Crippen molar-refractivity contribution in [3.8, 4) is 0 Å². The van der Waals surface area contributed by atoms with Gasteiger partial charge in [0.1, 0.15) is 5.78 Å². The average Bonchev–Trinajstić information content (AvgIpc) is 1.99. The van der Waals surface area contributed by atoms with Crippen molar-refractivity contribution >= 4 is 11.6 Å². The zero-order valence-corrected chi connectivity index (χ0v) is 9.05. The van der Waals surface area contributed by atoms with Gasteiger partial charge in [0.15, 0.2) is 5.78 Å². The van der Waals surface area contributed by atoms with Crippen LogP contribution in [0.2, 0.25) is 0 Å². The number of allylic oxidation sites excluding steroid dienone is 2. The van der Waals surface area contributed by atoms with Crippen LogP contribution in [0.15, 0.2) is 12.2 Å². The van der Waals surface area contributed by atoms with Crippen molar-refractivity contribution in [2.24, 2.45) is 11.3 Å². The van der Waals surface area contributed by atoms with Gasteiger partial charge in [-0.2, -0.15) is 0 Å². The first-order valence-electron chi connectivity index (χ1n) is 4.51. The minimum atomic E-state index is -0.528. The van der Waals surface area contributed by atoms with Crippen LogP contribution < -0.4 is 0 Å². The van der Waals surface area contributed by atoms with Crippen molar-refractivity contribution in [1.29, 1.82) is 0 Å². The largest absolute Gasteiger partial charge is 0.298 e. The van der Waals surface area contributed by atoms with Crippen molar-refractivity contribution in [2.75, 3.05) is 0 Å². The molecule has 0 aromatic carbocycles. The van der Waals surface area contributed by atoms with Gasteiger partial charge in [-0.25, -0.2) is 0 Å². The van der Waals surface area contributed by atoms with E-state index >= 15 is 0 Å². The third-order valence-corrected chi connectivity index (χ3v) is 1.89. The lowest BCUT2D eigenvalue weighted by molar-refractivity contribution is -0.127. The van der Waals surface area contributed by atoms with Gasteiger partial charge in [-0.05, 0) is 26.8 Å². The minimum Gasteiger partial charge on any atom is -0.298 e. The summed E-state index contributed by atoms with van der Waals surface area (Å²) in [5.74, 6) is 0.140. The average molecular weight is 182 g/mol. The smallest absolute Gasteiger partial charge is 0.152 e. The van der Waals surface area contributed by atoms with E-state index in [0.717, 1.165) is 0 Å². The normalized spacial score (nSPS) is 12.5. The molecule has 0 saturated heterocycles. The van der Waals surface area contributed by atoms with Crippen LogP contribution in [0.5, 0.6) is 0 Å². The Labute approximate surface area is 80.0 Å². The molecule has 0 heterocycles. The van der Waals surface area contributed by atoms with E-state index in [2.05, 4.69) is 0 Å². The predicted molar refractivity (Wildman–Crippen MR) is 53.4 cm³/mol. The second-order valence-corrected chi connectivity index (χ2v) is 4.18. The van der Waals surface area contributed by atoms with Crippen molar-refractivity contribution in [1.82, 2.24) is 0 Å². The van der Waals surface area contributed by atoms with E-state index in [1.54, 1.807) is 6.08 Å². The van der Waals surface area contributed by atoms with Gasteiger partial charge in [-0.15, -0.1) is 0 Å². The van der Waals surface area contributed by atoms with E-state index in [-0.39, 0.29) is 17.5 Å². The monoisotopic (exact) mass is 182 g/mol. The quantitative estimate of drug-likeness (QED) is 0.625. The molecule has 2 heteroatoms. The molecule has 0 rings (SSSR count). The van der Waals surface area contributed by atoms with Crippen molar-refractivity contribution in [3.05, 3.63) is 12.2 Å². The molecule has 0 bridgehead atoms. The summed E-state index contributed by atoms with van der Waals surface area (Å²) in [6.45, 7) is 8.87. The lowest BCUT2D eigenvalue weighted by Gasteiger charge is -2.20. The fourth-order valence-corrected chi connectivity index (χ4v) is 1.15. The highest BCUT2D eigenvalue weighted by molar-refractivity contribution is 5.91. The highest BCUT2D eigenvalue weighted by atomic mass is 16.1. The molecule has 0 unspecified atom stereocenters. The maximum atomic E-state index is 11.6. The van der Waals surface area contributed by atoms with Gasteiger partial charge in [-0.1, -0.05) is 19.9 Å². The van der Waals surface area contributed by atoms with Crippen LogP contribution in [-0.2, 0) is 9.59 Å². The molecule has 0 atom stereocenters. The first-order valence-corrected chi connectivity index (χ1v) is 4.51. The van der Waals surface area contributed by atoms with E-state index in [1.807, 2.05) is 27.7 Å². The van der Waals surface area contributed by atoms with Gasteiger partial charge in [0.25, 0.3) is 0 Å². The molecule has 0 amide bonds. The van der Waals surface area contributed by atoms with Crippen molar-refractivity contribution in [2.45, 2.75) is 34.6 Å². The lowest BCUT2D eigenvalue weighted by Crippen LogP contribution is -2.26. The van der Waals surface area contributed by atoms with E-state index in [4.69, 9.17) is 0 Å². The Kier molecular flexibility index (Phi) is 4.05. The van der Waals surface area contributed by atoms with Gasteiger partial charge in [0.05, 0.1) is 0 Å². The third kappa shape index (κ3) is 4.02. The fraction of sp³-hybridized carbons (Fsp3) is 0.636. The number of carbonyl (C=O) groups excluding carboxylic acids is 2. The van der Waals surface area contributed by atoms with Crippen LogP contribution in [0.25, 0.3) is 0 Å². The number of hydrogen-bond acceptors (Lipinski definition) is 2. The molecule has 0 N–H and O–H groups in total. The zero-order chi connectivity index (χ0) is 10.6. The Morgan fingerprint density at radius 1 is 1.23 bits per heavy atom. The predicted octanol–water partition coefficient (Wildman–Crippen LogP) is 2.38. The number of carbonyl (C=O) groups is 2. The van der Waals surface area contributed by atoms with Crippen molar-refractivity contribution < 1.29 is 9.59 Å². The standard InChI is InChI=1S/C11H18O2/c1-8(2)10(13)11(4,5)7-6-9(3)12/h6-8H,1-5H3/b7-6-. The van der Waals surface area contributed by atoms with Crippen LogP contribution in [0.4, 0.5) is 0 Å². The lowest BCUT2D eigenvalue weighted by atomic mass is 9.82. The Morgan fingerprint density at radius 3 is 2.00 bits per heavy atom. The van der Waals surface area contributed by atoms with Crippen LogP contribution in [0.1, 0.15) is 34.6 Å². The molecule has 0 aromatic rings. The maximum absolute atomic E-state index is 11.6. The molecule has 2 nitrogen and oxygen atoms in total. The minimum absolute atomic E-state index is 0.00612. The van der Waals surface area contributed by atoms with Crippen LogP contribution in [-0.4, -0.2) is 11.6 Å². The topological polar surface area (TPSA) is 34.1 Å². The number of rotatable bonds is 4. The highest BCUT2D eigenvalue weighted by Gasteiger charge is 2.26. The first kappa shape index (κ1) is 12.1. The molecule has 74 valence electrons. The molecule has 0 radical (unpaired) electrons. The molecular formula is C11H18O2. The highest BCUT2D eigenvalue weighted by Crippen LogP contribution is 2.22. The number of hydrogen-bond donors (Lipinski definition) is 0. The molecule has 13 heavy (non-hydrogen) atoms. The Hall–Kier alpha value is -0.920. The summed E-state index contributed by atoms with van der Waals surface area (Å²) in [7, 11) is 0. The summed E-state index contributed by atoms with van der Waals surface area (Å²) >= 11 is 0. The molecule has 0 aromatic heterocycles. The second-order valence-electron chi connectivity index (χ2n) is 4.18.